The Labute approximate surface area is 95.0 Å². The van der Waals surface area contributed by atoms with Crippen molar-refractivity contribution in [1.82, 2.24) is 5.32 Å². The third-order valence-electron chi connectivity index (χ3n) is 4.63. The van der Waals surface area contributed by atoms with Crippen LogP contribution in [-0.2, 0) is 0 Å². The fourth-order valence-electron chi connectivity index (χ4n) is 3.82. The largest absolute Gasteiger partial charge is 0.310 e. The maximum atomic E-state index is 3.92. The lowest BCUT2D eigenvalue weighted by atomic mass is 9.72. The maximum absolute atomic E-state index is 3.92. The van der Waals surface area contributed by atoms with Crippen LogP contribution < -0.4 is 5.32 Å². The van der Waals surface area contributed by atoms with E-state index in [1.54, 1.807) is 0 Å². The predicted octanol–water partition coefficient (Wildman–Crippen LogP) is 3.45. The first-order valence-corrected chi connectivity index (χ1v) is 6.65. The number of hydrogen-bond acceptors (Lipinski definition) is 1. The molecule has 0 aromatic heterocycles. The first kappa shape index (κ1) is 11.4. The van der Waals surface area contributed by atoms with Gasteiger partial charge >= 0.3 is 0 Å². The zero-order valence-electron chi connectivity index (χ0n) is 11.0. The zero-order chi connectivity index (χ0) is 11.2. The molecule has 1 aliphatic carbocycles. The highest BCUT2D eigenvalue weighted by Gasteiger charge is 2.45. The summed E-state index contributed by atoms with van der Waals surface area (Å²) >= 11 is 0. The fourth-order valence-corrected chi connectivity index (χ4v) is 3.82. The van der Waals surface area contributed by atoms with Crippen LogP contribution in [0.15, 0.2) is 0 Å². The van der Waals surface area contributed by atoms with Gasteiger partial charge in [0.15, 0.2) is 0 Å². The minimum absolute atomic E-state index is 0.433. The summed E-state index contributed by atoms with van der Waals surface area (Å²) in [6.07, 6.45) is 4.29. The second-order valence-electron chi connectivity index (χ2n) is 7.09. The Morgan fingerprint density at radius 3 is 2.27 bits per heavy atom. The van der Waals surface area contributed by atoms with Gasteiger partial charge in [0.25, 0.3) is 0 Å². The zero-order valence-corrected chi connectivity index (χ0v) is 11.0. The standard InChI is InChI=1S/C14H27N/c1-9(2)13-10-6-7-11(13)15-12(8-10)14(3,4)5/h9-13,15H,6-8H2,1-5H3. The third kappa shape index (κ3) is 2.08. The summed E-state index contributed by atoms with van der Waals surface area (Å²) < 4.78 is 0. The van der Waals surface area contributed by atoms with Gasteiger partial charge in [-0.05, 0) is 42.4 Å². The lowest BCUT2D eigenvalue weighted by Gasteiger charge is -2.44. The van der Waals surface area contributed by atoms with Crippen molar-refractivity contribution < 1.29 is 0 Å². The molecule has 2 fully saturated rings. The topological polar surface area (TPSA) is 12.0 Å². The molecule has 4 unspecified atom stereocenters. The normalized spacial score (nSPS) is 41.2. The summed E-state index contributed by atoms with van der Waals surface area (Å²) in [4.78, 5) is 0. The molecule has 0 radical (unpaired) electrons. The molecular formula is C14H27N. The average molecular weight is 209 g/mol. The number of fused-ring (bicyclic) bond motifs is 2. The highest BCUT2D eigenvalue weighted by atomic mass is 15.0. The number of hydrogen-bond donors (Lipinski definition) is 1. The quantitative estimate of drug-likeness (QED) is 0.697. The van der Waals surface area contributed by atoms with E-state index < -0.39 is 0 Å². The summed E-state index contributed by atoms with van der Waals surface area (Å²) in [6.45, 7) is 11.9. The van der Waals surface area contributed by atoms with Gasteiger partial charge in [-0.25, -0.2) is 0 Å². The van der Waals surface area contributed by atoms with E-state index in [9.17, 15) is 0 Å². The number of nitrogens with one attached hydrogen (secondary N) is 1. The van der Waals surface area contributed by atoms with Gasteiger partial charge in [0.2, 0.25) is 0 Å². The molecule has 0 amide bonds. The van der Waals surface area contributed by atoms with Crippen molar-refractivity contribution in [3.63, 3.8) is 0 Å². The monoisotopic (exact) mass is 209 g/mol. The van der Waals surface area contributed by atoms with Crippen LogP contribution in [0.2, 0.25) is 0 Å². The lowest BCUT2D eigenvalue weighted by Crippen LogP contribution is -2.53. The van der Waals surface area contributed by atoms with Crippen molar-refractivity contribution in [2.45, 2.75) is 66.0 Å². The first-order chi connectivity index (χ1) is 6.89. The van der Waals surface area contributed by atoms with Crippen LogP contribution in [0, 0.1) is 23.2 Å². The lowest BCUT2D eigenvalue weighted by molar-refractivity contribution is 0.109. The molecule has 1 heterocycles. The van der Waals surface area contributed by atoms with Gasteiger partial charge in [-0.3, -0.25) is 0 Å². The Kier molecular flexibility index (Phi) is 2.87. The summed E-state index contributed by atoms with van der Waals surface area (Å²) in [7, 11) is 0. The van der Waals surface area contributed by atoms with Crippen molar-refractivity contribution >= 4 is 0 Å². The SMILES string of the molecule is CC(C)C1C2CCC1NC(C(C)(C)C)C2. The van der Waals surface area contributed by atoms with Crippen molar-refractivity contribution in [2.24, 2.45) is 23.2 Å². The molecule has 2 aliphatic rings. The molecule has 1 N–H and O–H groups in total. The molecule has 0 aromatic rings. The van der Waals surface area contributed by atoms with E-state index in [0.29, 0.717) is 5.41 Å². The predicted molar refractivity (Wildman–Crippen MR) is 65.8 cm³/mol. The van der Waals surface area contributed by atoms with Crippen LogP contribution in [0.25, 0.3) is 0 Å². The molecule has 1 heteroatoms. The Bertz CT molecular complexity index is 212. The average Bonchev–Trinajstić information content (AvgIpc) is 2.35. The van der Waals surface area contributed by atoms with Gasteiger partial charge in [0, 0.05) is 12.1 Å². The van der Waals surface area contributed by atoms with E-state index in [1.807, 2.05) is 0 Å². The van der Waals surface area contributed by atoms with Gasteiger partial charge in [0.05, 0.1) is 0 Å². The second kappa shape index (κ2) is 3.76. The summed E-state index contributed by atoms with van der Waals surface area (Å²) in [5.74, 6) is 2.81. The molecule has 0 spiro atoms. The van der Waals surface area contributed by atoms with E-state index >= 15 is 0 Å². The molecule has 15 heavy (non-hydrogen) atoms. The van der Waals surface area contributed by atoms with Crippen LogP contribution in [0.5, 0.6) is 0 Å². The molecule has 1 saturated carbocycles. The second-order valence-corrected chi connectivity index (χ2v) is 7.09. The molecule has 88 valence electrons. The van der Waals surface area contributed by atoms with Crippen LogP contribution in [0.1, 0.15) is 53.9 Å². The number of piperidine rings is 1. The van der Waals surface area contributed by atoms with Crippen LogP contribution >= 0.6 is 0 Å². The first-order valence-electron chi connectivity index (χ1n) is 6.65. The van der Waals surface area contributed by atoms with Gasteiger partial charge in [-0.1, -0.05) is 34.6 Å². The minimum Gasteiger partial charge on any atom is -0.310 e. The molecule has 4 atom stereocenters. The Morgan fingerprint density at radius 1 is 1.13 bits per heavy atom. The van der Waals surface area contributed by atoms with Gasteiger partial charge in [0.1, 0.15) is 0 Å². The van der Waals surface area contributed by atoms with E-state index in [0.717, 1.165) is 29.8 Å². The summed E-state index contributed by atoms with van der Waals surface area (Å²) in [5.41, 5.74) is 0.433. The highest BCUT2D eigenvalue weighted by molar-refractivity contribution is 5.01. The van der Waals surface area contributed by atoms with Crippen molar-refractivity contribution in [1.29, 1.82) is 0 Å². The van der Waals surface area contributed by atoms with Crippen LogP contribution in [0.4, 0.5) is 0 Å². The Hall–Kier alpha value is -0.0400. The van der Waals surface area contributed by atoms with Gasteiger partial charge < -0.3 is 5.32 Å². The number of rotatable bonds is 1. The molecular weight excluding hydrogens is 182 g/mol. The molecule has 2 rings (SSSR count). The van der Waals surface area contributed by atoms with Crippen LogP contribution in [0.3, 0.4) is 0 Å². The molecule has 0 aromatic carbocycles. The molecule has 1 aliphatic heterocycles. The molecule has 2 bridgehead atoms. The molecule has 1 saturated heterocycles. The van der Waals surface area contributed by atoms with E-state index in [-0.39, 0.29) is 0 Å². The summed E-state index contributed by atoms with van der Waals surface area (Å²) in [6, 6.07) is 1.55. The van der Waals surface area contributed by atoms with Crippen molar-refractivity contribution in [3.05, 3.63) is 0 Å². The highest BCUT2D eigenvalue weighted by Crippen LogP contribution is 2.45. The summed E-state index contributed by atoms with van der Waals surface area (Å²) in [5, 5.41) is 3.92. The van der Waals surface area contributed by atoms with E-state index in [1.165, 1.54) is 19.3 Å². The van der Waals surface area contributed by atoms with Gasteiger partial charge in [-0.15, -0.1) is 0 Å². The fraction of sp³-hybridized carbons (Fsp3) is 1.00. The van der Waals surface area contributed by atoms with E-state index in [4.69, 9.17) is 0 Å². The van der Waals surface area contributed by atoms with Crippen molar-refractivity contribution in [2.75, 3.05) is 0 Å². The Balaban J connectivity index is 2.08. The Morgan fingerprint density at radius 2 is 1.80 bits per heavy atom. The van der Waals surface area contributed by atoms with Crippen molar-refractivity contribution in [3.8, 4) is 0 Å². The van der Waals surface area contributed by atoms with E-state index in [2.05, 4.69) is 39.9 Å². The van der Waals surface area contributed by atoms with Crippen LogP contribution in [-0.4, -0.2) is 12.1 Å². The van der Waals surface area contributed by atoms with Gasteiger partial charge in [-0.2, -0.15) is 0 Å². The maximum Gasteiger partial charge on any atom is 0.0121 e. The minimum atomic E-state index is 0.433. The third-order valence-corrected chi connectivity index (χ3v) is 4.63. The smallest absolute Gasteiger partial charge is 0.0121 e. The molecule has 1 nitrogen and oxygen atoms in total.